The molecule has 2 aromatic rings. The number of rotatable bonds is 0. The zero-order valence-corrected chi connectivity index (χ0v) is 11.6. The van der Waals surface area contributed by atoms with Crippen LogP contribution in [0.25, 0.3) is 10.8 Å². The minimum atomic E-state index is 0.354. The average Bonchev–Trinajstić information content (AvgIpc) is 2.32. The highest BCUT2D eigenvalue weighted by Crippen LogP contribution is 2.24. The van der Waals surface area contributed by atoms with E-state index in [1.165, 1.54) is 12.0 Å². The van der Waals surface area contributed by atoms with Gasteiger partial charge in [0.15, 0.2) is 0 Å². The third-order valence-electron chi connectivity index (χ3n) is 2.01. The van der Waals surface area contributed by atoms with Crippen LogP contribution in [0.4, 0.5) is 0 Å². The summed E-state index contributed by atoms with van der Waals surface area (Å²) in [5.41, 5.74) is 1.22. The van der Waals surface area contributed by atoms with Crippen LogP contribution in [0.15, 0.2) is 36.4 Å². The van der Waals surface area contributed by atoms with Crippen molar-refractivity contribution < 1.29 is 5.11 Å². The lowest BCUT2D eigenvalue weighted by Gasteiger charge is -2.00. The lowest BCUT2D eigenvalue weighted by molar-refractivity contribution is 0.481. The van der Waals surface area contributed by atoms with E-state index in [9.17, 15) is 5.11 Å². The molecule has 0 fully saturated rings. The summed E-state index contributed by atoms with van der Waals surface area (Å²) >= 11 is 0. The van der Waals surface area contributed by atoms with E-state index in [1.807, 2.05) is 45.0 Å². The summed E-state index contributed by atoms with van der Waals surface area (Å²) in [7, 11) is 0. The molecule has 0 saturated carbocycles. The van der Waals surface area contributed by atoms with Crippen molar-refractivity contribution in [3.63, 3.8) is 0 Å². The molecule has 0 heterocycles. The van der Waals surface area contributed by atoms with Gasteiger partial charge in [-0.25, -0.2) is 0 Å². The minimum Gasteiger partial charge on any atom is -0.507 e. The van der Waals surface area contributed by atoms with E-state index in [0.29, 0.717) is 5.75 Å². The van der Waals surface area contributed by atoms with Gasteiger partial charge >= 0.3 is 0 Å². The zero-order chi connectivity index (χ0) is 13.3. The van der Waals surface area contributed by atoms with E-state index in [0.717, 1.165) is 10.8 Å². The van der Waals surface area contributed by atoms with Crippen LogP contribution in [-0.4, -0.2) is 5.11 Å². The lowest BCUT2D eigenvalue weighted by Crippen LogP contribution is -1.75. The molecule has 2 aromatic carbocycles. The molecule has 0 atom stereocenters. The predicted molar refractivity (Wildman–Crippen MR) is 77.7 cm³/mol. The Morgan fingerprint density at radius 3 is 2.18 bits per heavy atom. The molecule has 1 heteroatoms. The van der Waals surface area contributed by atoms with Gasteiger partial charge in [-0.1, -0.05) is 70.0 Å². The standard InChI is InChI=1S/C11H10O.C3H8.C2H6/c1-8-5-6-10-9(7-8)3-2-4-11(10)12;1-3-2;1-2/h2-7,12H,1H3;3H2,1-2H3;1-2H3. The molecule has 0 aliphatic rings. The van der Waals surface area contributed by atoms with Crippen molar-refractivity contribution in [1.29, 1.82) is 0 Å². The van der Waals surface area contributed by atoms with Gasteiger partial charge in [-0.15, -0.1) is 0 Å². The molecule has 94 valence electrons. The van der Waals surface area contributed by atoms with Crippen LogP contribution in [0.2, 0.25) is 0 Å². The predicted octanol–water partition coefficient (Wildman–Crippen LogP) is 5.30. The SMILES string of the molecule is CC.CCC.Cc1ccc2c(O)cccc2c1. The first-order valence-electron chi connectivity index (χ1n) is 6.37. The highest BCUT2D eigenvalue weighted by Gasteiger charge is 1.96. The highest BCUT2D eigenvalue weighted by molar-refractivity contribution is 5.88. The summed E-state index contributed by atoms with van der Waals surface area (Å²) < 4.78 is 0. The van der Waals surface area contributed by atoms with Crippen molar-refractivity contribution in [3.05, 3.63) is 42.0 Å². The number of aryl methyl sites for hydroxylation is 1. The van der Waals surface area contributed by atoms with Crippen LogP contribution in [0.3, 0.4) is 0 Å². The average molecular weight is 232 g/mol. The maximum atomic E-state index is 9.46. The molecule has 0 aliphatic heterocycles. The molecular formula is C16H24O. The van der Waals surface area contributed by atoms with Gasteiger partial charge in [-0.2, -0.15) is 0 Å². The first-order chi connectivity index (χ1) is 8.19. The summed E-state index contributed by atoms with van der Waals surface area (Å²) in [5, 5.41) is 11.5. The van der Waals surface area contributed by atoms with Crippen LogP contribution < -0.4 is 0 Å². The lowest BCUT2D eigenvalue weighted by atomic mass is 10.1. The van der Waals surface area contributed by atoms with Gasteiger partial charge in [0, 0.05) is 5.39 Å². The van der Waals surface area contributed by atoms with Gasteiger partial charge in [0.25, 0.3) is 0 Å². The van der Waals surface area contributed by atoms with Crippen LogP contribution in [0.5, 0.6) is 5.75 Å². The number of phenols is 1. The van der Waals surface area contributed by atoms with E-state index >= 15 is 0 Å². The number of aromatic hydroxyl groups is 1. The molecule has 0 radical (unpaired) electrons. The van der Waals surface area contributed by atoms with Gasteiger partial charge in [0.2, 0.25) is 0 Å². The van der Waals surface area contributed by atoms with Crippen LogP contribution in [0.1, 0.15) is 39.7 Å². The second-order valence-corrected chi connectivity index (χ2v) is 3.71. The van der Waals surface area contributed by atoms with Crippen LogP contribution >= 0.6 is 0 Å². The van der Waals surface area contributed by atoms with Crippen molar-refractivity contribution in [2.45, 2.75) is 41.0 Å². The molecule has 0 spiro atoms. The second kappa shape index (κ2) is 8.63. The summed E-state index contributed by atoms with van der Waals surface area (Å²) in [6.45, 7) is 10.3. The number of phenolic OH excluding ortho intramolecular Hbond substituents is 1. The topological polar surface area (TPSA) is 20.2 Å². The van der Waals surface area contributed by atoms with Crippen molar-refractivity contribution >= 4 is 10.8 Å². The van der Waals surface area contributed by atoms with Crippen LogP contribution in [-0.2, 0) is 0 Å². The smallest absolute Gasteiger partial charge is 0.123 e. The molecule has 0 amide bonds. The molecule has 0 bridgehead atoms. The molecule has 0 saturated heterocycles. The Labute approximate surface area is 105 Å². The van der Waals surface area contributed by atoms with E-state index in [2.05, 4.69) is 19.9 Å². The highest BCUT2D eigenvalue weighted by atomic mass is 16.3. The minimum absolute atomic E-state index is 0.354. The fourth-order valence-corrected chi connectivity index (χ4v) is 1.39. The molecule has 0 aromatic heterocycles. The number of benzene rings is 2. The quantitative estimate of drug-likeness (QED) is 0.653. The number of fused-ring (bicyclic) bond motifs is 1. The first kappa shape index (κ1) is 15.5. The normalized spacial score (nSPS) is 8.76. The van der Waals surface area contributed by atoms with E-state index < -0.39 is 0 Å². The molecule has 2 rings (SSSR count). The maximum absolute atomic E-state index is 9.46. The van der Waals surface area contributed by atoms with E-state index in [4.69, 9.17) is 0 Å². The van der Waals surface area contributed by atoms with Gasteiger partial charge in [0.05, 0.1) is 0 Å². The number of hydrogen-bond acceptors (Lipinski definition) is 1. The molecule has 0 aliphatic carbocycles. The van der Waals surface area contributed by atoms with Crippen molar-refractivity contribution in [3.8, 4) is 5.75 Å². The Bertz CT molecular complexity index is 432. The van der Waals surface area contributed by atoms with Gasteiger partial charge in [-0.05, 0) is 18.4 Å². The van der Waals surface area contributed by atoms with E-state index in [-0.39, 0.29) is 0 Å². The summed E-state index contributed by atoms with van der Waals surface area (Å²) in [6, 6.07) is 11.6. The summed E-state index contributed by atoms with van der Waals surface area (Å²) in [4.78, 5) is 0. The second-order valence-electron chi connectivity index (χ2n) is 3.71. The van der Waals surface area contributed by atoms with E-state index in [1.54, 1.807) is 6.07 Å². The Hall–Kier alpha value is -1.50. The monoisotopic (exact) mass is 232 g/mol. The van der Waals surface area contributed by atoms with Gasteiger partial charge in [-0.3, -0.25) is 0 Å². The van der Waals surface area contributed by atoms with Gasteiger partial charge in [0.1, 0.15) is 5.75 Å². The largest absolute Gasteiger partial charge is 0.507 e. The third kappa shape index (κ3) is 4.90. The fourth-order valence-electron chi connectivity index (χ4n) is 1.39. The molecular weight excluding hydrogens is 208 g/mol. The van der Waals surface area contributed by atoms with Crippen molar-refractivity contribution in [2.24, 2.45) is 0 Å². The Morgan fingerprint density at radius 2 is 1.59 bits per heavy atom. The van der Waals surface area contributed by atoms with Crippen LogP contribution in [0, 0.1) is 6.92 Å². The first-order valence-corrected chi connectivity index (χ1v) is 6.37. The summed E-state index contributed by atoms with van der Waals surface area (Å²) in [5.74, 6) is 0.354. The molecule has 17 heavy (non-hydrogen) atoms. The molecule has 0 unspecified atom stereocenters. The third-order valence-corrected chi connectivity index (χ3v) is 2.01. The maximum Gasteiger partial charge on any atom is 0.123 e. The van der Waals surface area contributed by atoms with Crippen molar-refractivity contribution in [2.75, 3.05) is 0 Å². The van der Waals surface area contributed by atoms with Gasteiger partial charge < -0.3 is 5.11 Å². The molecule has 1 nitrogen and oxygen atoms in total. The fraction of sp³-hybridized carbons (Fsp3) is 0.375. The molecule has 1 N–H and O–H groups in total. The zero-order valence-electron chi connectivity index (χ0n) is 11.6. The Kier molecular flexibility index (Phi) is 7.87. The van der Waals surface area contributed by atoms with Crippen molar-refractivity contribution in [1.82, 2.24) is 0 Å². The number of hydrogen-bond donors (Lipinski definition) is 1. The Balaban J connectivity index is 0.000000450. The summed E-state index contributed by atoms with van der Waals surface area (Å²) in [6.07, 6.45) is 1.25. The Morgan fingerprint density at radius 1 is 1.00 bits per heavy atom.